The van der Waals surface area contributed by atoms with Crippen LogP contribution in [0.2, 0.25) is 0 Å². The third-order valence-corrected chi connectivity index (χ3v) is 1.59. The molecule has 0 unspecified atom stereocenters. The average Bonchev–Trinajstić information content (AvgIpc) is 2.20. The molecule has 0 radical (unpaired) electrons. The number of rotatable bonds is 6. The predicted octanol–water partition coefficient (Wildman–Crippen LogP) is 1.11. The Labute approximate surface area is 89.6 Å². The number of nitrogens with zero attached hydrogens (tertiary/aromatic N) is 2. The number of ether oxygens (including phenoxy) is 2. The average molecular weight is 211 g/mol. The molecule has 0 aliphatic rings. The fraction of sp³-hybridized carbons (Fsp3) is 0.600. The molecule has 5 nitrogen and oxygen atoms in total. The maximum atomic E-state index is 5.38. The third-order valence-electron chi connectivity index (χ3n) is 1.59. The molecular weight excluding hydrogens is 194 g/mol. The molecule has 0 spiro atoms. The highest BCUT2D eigenvalue weighted by molar-refractivity contribution is 5.27. The molecule has 1 aromatic rings. The van der Waals surface area contributed by atoms with Gasteiger partial charge in [-0.1, -0.05) is 13.8 Å². The van der Waals surface area contributed by atoms with Crippen molar-refractivity contribution in [3.8, 4) is 5.88 Å². The van der Waals surface area contributed by atoms with Gasteiger partial charge in [-0.2, -0.15) is 0 Å². The van der Waals surface area contributed by atoms with E-state index in [0.29, 0.717) is 30.8 Å². The monoisotopic (exact) mass is 211 g/mol. The maximum absolute atomic E-state index is 5.38. The van der Waals surface area contributed by atoms with Gasteiger partial charge in [0.15, 0.2) is 0 Å². The first-order chi connectivity index (χ1) is 7.18. The molecular formula is C10H17N3O2. The minimum atomic E-state index is 0.387. The molecule has 0 amide bonds. The summed E-state index contributed by atoms with van der Waals surface area (Å²) in [5, 5.41) is 7.43. The summed E-state index contributed by atoms with van der Waals surface area (Å²) in [5.41, 5.74) is 5.38. The third kappa shape index (κ3) is 5.17. The van der Waals surface area contributed by atoms with E-state index in [1.54, 1.807) is 12.1 Å². The van der Waals surface area contributed by atoms with Crippen LogP contribution >= 0.6 is 0 Å². The van der Waals surface area contributed by atoms with Gasteiger partial charge in [0.25, 0.3) is 0 Å². The first kappa shape index (κ1) is 11.7. The summed E-state index contributed by atoms with van der Waals surface area (Å²) in [5.74, 6) is 1.40. The summed E-state index contributed by atoms with van der Waals surface area (Å²) in [6.45, 7) is 5.99. The molecule has 0 atom stereocenters. The van der Waals surface area contributed by atoms with Gasteiger partial charge in [0.05, 0.1) is 6.61 Å². The smallest absolute Gasteiger partial charge is 0.233 e. The van der Waals surface area contributed by atoms with E-state index in [-0.39, 0.29) is 0 Å². The zero-order chi connectivity index (χ0) is 11.1. The molecule has 1 heterocycles. The lowest BCUT2D eigenvalue weighted by Gasteiger charge is -2.07. The second-order valence-electron chi connectivity index (χ2n) is 3.61. The molecule has 0 aliphatic carbocycles. The van der Waals surface area contributed by atoms with Gasteiger partial charge >= 0.3 is 0 Å². The summed E-state index contributed by atoms with van der Waals surface area (Å²) < 4.78 is 10.6. The van der Waals surface area contributed by atoms with Gasteiger partial charge < -0.3 is 15.2 Å². The molecule has 1 aromatic heterocycles. The Bertz CT molecular complexity index is 275. The number of hydrogen-bond donors (Lipinski definition) is 1. The molecule has 1 rings (SSSR count). The Kier molecular flexibility index (Phi) is 4.83. The molecule has 0 bridgehead atoms. The van der Waals surface area contributed by atoms with Crippen LogP contribution in [0.3, 0.4) is 0 Å². The summed E-state index contributed by atoms with van der Waals surface area (Å²) in [6, 6.07) is 3.34. The van der Waals surface area contributed by atoms with Crippen molar-refractivity contribution in [3.63, 3.8) is 0 Å². The Hall–Kier alpha value is -1.36. The summed E-state index contributed by atoms with van der Waals surface area (Å²) >= 11 is 0. The van der Waals surface area contributed by atoms with E-state index >= 15 is 0 Å². The van der Waals surface area contributed by atoms with Crippen molar-refractivity contribution in [3.05, 3.63) is 12.1 Å². The van der Waals surface area contributed by atoms with Crippen LogP contribution in [-0.2, 0) is 4.74 Å². The van der Waals surface area contributed by atoms with Crippen molar-refractivity contribution in [1.82, 2.24) is 10.2 Å². The van der Waals surface area contributed by atoms with Crippen LogP contribution in [0.1, 0.15) is 13.8 Å². The minimum Gasteiger partial charge on any atom is -0.474 e. The van der Waals surface area contributed by atoms with E-state index in [0.717, 1.165) is 6.61 Å². The van der Waals surface area contributed by atoms with Crippen molar-refractivity contribution < 1.29 is 9.47 Å². The van der Waals surface area contributed by atoms with Gasteiger partial charge in [0.2, 0.25) is 5.88 Å². The van der Waals surface area contributed by atoms with Crippen LogP contribution in [0.5, 0.6) is 5.88 Å². The number of hydrogen-bond acceptors (Lipinski definition) is 5. The topological polar surface area (TPSA) is 70.3 Å². The molecule has 0 fully saturated rings. The Balaban J connectivity index is 2.12. The lowest BCUT2D eigenvalue weighted by Crippen LogP contribution is -2.11. The molecule has 0 aromatic carbocycles. The summed E-state index contributed by atoms with van der Waals surface area (Å²) in [6.07, 6.45) is 0. The van der Waals surface area contributed by atoms with E-state index in [9.17, 15) is 0 Å². The first-order valence-corrected chi connectivity index (χ1v) is 4.98. The largest absolute Gasteiger partial charge is 0.474 e. The van der Waals surface area contributed by atoms with E-state index in [1.165, 1.54) is 0 Å². The lowest BCUT2D eigenvalue weighted by atomic mass is 10.2. The van der Waals surface area contributed by atoms with Gasteiger partial charge in [0.1, 0.15) is 12.4 Å². The van der Waals surface area contributed by atoms with Crippen LogP contribution in [0.25, 0.3) is 0 Å². The zero-order valence-corrected chi connectivity index (χ0v) is 9.14. The van der Waals surface area contributed by atoms with Crippen LogP contribution in [0, 0.1) is 5.92 Å². The van der Waals surface area contributed by atoms with Crippen molar-refractivity contribution in [2.75, 3.05) is 25.6 Å². The van der Waals surface area contributed by atoms with Gasteiger partial charge in [-0.15, -0.1) is 10.2 Å². The molecule has 2 N–H and O–H groups in total. The van der Waals surface area contributed by atoms with E-state index < -0.39 is 0 Å². The second kappa shape index (κ2) is 6.19. The first-order valence-electron chi connectivity index (χ1n) is 4.98. The number of aromatic nitrogens is 2. The van der Waals surface area contributed by atoms with Crippen molar-refractivity contribution in [1.29, 1.82) is 0 Å². The molecule has 0 saturated carbocycles. The fourth-order valence-corrected chi connectivity index (χ4v) is 0.932. The number of nitrogen functional groups attached to an aromatic ring is 1. The van der Waals surface area contributed by atoms with Crippen LogP contribution in [-0.4, -0.2) is 30.0 Å². The number of nitrogens with two attached hydrogens (primary N) is 1. The van der Waals surface area contributed by atoms with E-state index in [1.807, 2.05) is 0 Å². The highest BCUT2D eigenvalue weighted by Gasteiger charge is 1.97. The van der Waals surface area contributed by atoms with Gasteiger partial charge in [0, 0.05) is 12.7 Å². The van der Waals surface area contributed by atoms with E-state index in [4.69, 9.17) is 15.2 Å². The SMILES string of the molecule is CC(C)COCCOc1ccc(N)nn1. The van der Waals surface area contributed by atoms with Crippen molar-refractivity contribution >= 4 is 5.82 Å². The highest BCUT2D eigenvalue weighted by atomic mass is 16.5. The Morgan fingerprint density at radius 1 is 1.27 bits per heavy atom. The predicted molar refractivity (Wildman–Crippen MR) is 57.6 cm³/mol. The second-order valence-corrected chi connectivity index (χ2v) is 3.61. The van der Waals surface area contributed by atoms with Crippen LogP contribution < -0.4 is 10.5 Å². The van der Waals surface area contributed by atoms with Crippen molar-refractivity contribution in [2.45, 2.75) is 13.8 Å². The molecule has 0 aliphatic heterocycles. The quantitative estimate of drug-likeness (QED) is 0.714. The molecule has 5 heteroatoms. The molecule has 15 heavy (non-hydrogen) atoms. The van der Waals surface area contributed by atoms with Crippen LogP contribution in [0.15, 0.2) is 12.1 Å². The molecule has 0 saturated heterocycles. The fourth-order valence-electron chi connectivity index (χ4n) is 0.932. The molecule has 84 valence electrons. The standard InChI is InChI=1S/C10H17N3O2/c1-8(2)7-14-5-6-15-10-4-3-9(11)12-13-10/h3-4,8H,5-7H2,1-2H3,(H2,11,12). The Morgan fingerprint density at radius 2 is 2.07 bits per heavy atom. The normalized spacial score (nSPS) is 10.6. The van der Waals surface area contributed by atoms with Crippen LogP contribution in [0.4, 0.5) is 5.82 Å². The highest BCUT2D eigenvalue weighted by Crippen LogP contribution is 2.04. The van der Waals surface area contributed by atoms with Gasteiger partial charge in [-0.25, -0.2) is 0 Å². The Morgan fingerprint density at radius 3 is 2.67 bits per heavy atom. The lowest BCUT2D eigenvalue weighted by molar-refractivity contribution is 0.0803. The number of anilines is 1. The van der Waals surface area contributed by atoms with Gasteiger partial charge in [-0.3, -0.25) is 0 Å². The zero-order valence-electron chi connectivity index (χ0n) is 9.14. The van der Waals surface area contributed by atoms with Gasteiger partial charge in [-0.05, 0) is 12.0 Å². The van der Waals surface area contributed by atoms with E-state index in [2.05, 4.69) is 24.0 Å². The minimum absolute atomic E-state index is 0.387. The maximum Gasteiger partial charge on any atom is 0.233 e. The summed E-state index contributed by atoms with van der Waals surface area (Å²) in [7, 11) is 0. The van der Waals surface area contributed by atoms with Crippen molar-refractivity contribution in [2.24, 2.45) is 5.92 Å². The summed E-state index contributed by atoms with van der Waals surface area (Å²) in [4.78, 5) is 0.